The van der Waals surface area contributed by atoms with E-state index in [9.17, 15) is 10.5 Å². The van der Waals surface area contributed by atoms with E-state index in [1.807, 2.05) is 150 Å². The molecule has 0 aliphatic carbocycles. The van der Waals surface area contributed by atoms with Gasteiger partial charge in [0.05, 0.1) is 87.4 Å². The maximum atomic E-state index is 11.3. The standard InChI is InChI=1S/2C64H38N6S/c65-39-43-38-42(62-66-63(50-26-9-7-22-44(50)40-18-3-1-4-19-40)68-64(67-62)51-27-10-8-23-45(51)41-20-5-2-6-21-41)34-36-53(43)70-54-30-14-11-24-46(54)48-35-37-56-59(60(48)70)52-28-12-15-31-55(52)69(56)57-32-17-29-49-47-25-13-16-33-58(47)71-61(49)57;65-39-45-38-44(63-66-62(43-32-30-41(31-33-43)40-16-3-1-4-17-40)67-64(68-63)51-23-8-7-20-46(51)42-18-5-2-6-19-42)34-36-53(45)70-54-26-12-9-21-47(54)49-35-37-56-59(60(49)70)52-24-10-13-27-55(52)69(56)57-28-15-25-50-48-22-11-14-29-58(48)71-61(50)57/h2*1-38H. The van der Waals surface area contributed by atoms with Crippen LogP contribution in [0.15, 0.2) is 461 Å². The van der Waals surface area contributed by atoms with Crippen molar-refractivity contribution >= 4 is 150 Å². The van der Waals surface area contributed by atoms with Crippen molar-refractivity contribution in [3.63, 3.8) is 0 Å². The zero-order valence-corrected chi connectivity index (χ0v) is 77.7. The van der Waals surface area contributed by atoms with Crippen molar-refractivity contribution in [1.82, 2.24) is 48.2 Å². The van der Waals surface area contributed by atoms with E-state index in [2.05, 4.69) is 364 Å². The van der Waals surface area contributed by atoms with E-state index in [0.29, 0.717) is 57.2 Å². The van der Waals surface area contributed by atoms with E-state index < -0.39 is 0 Å². The Kier molecular flexibility index (Phi) is 19.8. The molecule has 0 bridgehead atoms. The fourth-order valence-corrected chi connectivity index (χ4v) is 23.8. The summed E-state index contributed by atoms with van der Waals surface area (Å²) >= 11 is 3.67. The number of hydrogen-bond acceptors (Lipinski definition) is 10. The number of nitriles is 2. The van der Waals surface area contributed by atoms with Crippen molar-refractivity contribution in [3.8, 4) is 148 Å². The molecule has 0 aliphatic rings. The summed E-state index contributed by atoms with van der Waals surface area (Å²) in [5, 5.41) is 36.6. The number of rotatable bonds is 14. The molecule has 0 saturated carbocycles. The topological polar surface area (TPSA) is 145 Å². The van der Waals surface area contributed by atoms with Crippen LogP contribution in [0, 0.1) is 22.7 Å². The van der Waals surface area contributed by atoms with Gasteiger partial charge in [0, 0.05) is 107 Å². The molecule has 8 heterocycles. The van der Waals surface area contributed by atoms with Gasteiger partial charge in [-0.1, -0.05) is 364 Å². The van der Waals surface area contributed by atoms with E-state index in [1.165, 1.54) is 40.3 Å². The van der Waals surface area contributed by atoms with Crippen LogP contribution in [0.2, 0.25) is 0 Å². The molecule has 0 saturated heterocycles. The van der Waals surface area contributed by atoms with E-state index in [1.54, 1.807) is 0 Å². The fourth-order valence-electron chi connectivity index (χ4n) is 21.4. The van der Waals surface area contributed by atoms with Crippen molar-refractivity contribution in [2.45, 2.75) is 0 Å². The van der Waals surface area contributed by atoms with Gasteiger partial charge in [-0.15, -0.1) is 22.7 Å². The molecule has 0 amide bonds. The number of thiophene rings is 2. The maximum absolute atomic E-state index is 11.3. The molecule has 0 aliphatic heterocycles. The molecule has 8 aromatic heterocycles. The quantitative estimate of drug-likeness (QED) is 0.105. The minimum Gasteiger partial charge on any atom is -0.308 e. The SMILES string of the molecule is N#Cc1cc(-c2nc(-c3ccc(-c4ccccc4)cc3)nc(-c3ccccc3-c3ccccc3)n2)ccc1-n1c2ccccc2c2ccc3c(c4ccccc4n3-c3cccc4c3sc3ccccc34)c21.N#Cc1cc(-c2nc(-c3ccccc3-c3ccccc3)nc(-c3ccccc3-c3ccccc3)n2)ccc1-n1c2ccccc2c2ccc3c(c4ccccc4n3-c3cccc4c3sc3ccccc34)c21. The molecule has 0 atom stereocenters. The molecule has 142 heavy (non-hydrogen) atoms. The van der Waals surface area contributed by atoms with Crippen LogP contribution in [0.4, 0.5) is 0 Å². The number of hydrogen-bond donors (Lipinski definition) is 0. The van der Waals surface area contributed by atoms with Crippen molar-refractivity contribution in [2.24, 2.45) is 0 Å². The lowest BCUT2D eigenvalue weighted by atomic mass is 9.98. The average Bonchev–Trinajstić information content (AvgIpc) is 1.54. The molecule has 28 rings (SSSR count). The lowest BCUT2D eigenvalue weighted by Crippen LogP contribution is -2.03. The normalized spacial score (nSPS) is 11.6. The van der Waals surface area contributed by atoms with Gasteiger partial charge in [-0.05, 0) is 142 Å². The predicted octanol–water partition coefficient (Wildman–Crippen LogP) is 33.3. The van der Waals surface area contributed by atoms with Gasteiger partial charge < -0.3 is 18.3 Å². The van der Waals surface area contributed by atoms with Gasteiger partial charge in [0.1, 0.15) is 12.1 Å². The number of nitrogens with zero attached hydrogens (tertiary/aromatic N) is 12. The van der Waals surface area contributed by atoms with Gasteiger partial charge in [0.15, 0.2) is 34.9 Å². The third-order valence-electron chi connectivity index (χ3n) is 27.7. The summed E-state index contributed by atoms with van der Waals surface area (Å²) in [7, 11) is 0. The Morgan fingerprint density at radius 3 is 0.866 bits per heavy atom. The summed E-state index contributed by atoms with van der Waals surface area (Å²) in [6.07, 6.45) is 0. The predicted molar refractivity (Wildman–Crippen MR) is 587 cm³/mol. The van der Waals surface area contributed by atoms with E-state index in [-0.39, 0.29) is 0 Å². The van der Waals surface area contributed by atoms with E-state index in [0.717, 1.165) is 177 Å². The number of benzene rings is 20. The third-order valence-corrected chi connectivity index (χ3v) is 30.1. The monoisotopic (exact) mass is 1840 g/mol. The number of aromatic nitrogens is 10. The Labute approximate surface area is 822 Å². The third kappa shape index (κ3) is 13.6. The van der Waals surface area contributed by atoms with Crippen LogP contribution >= 0.6 is 22.7 Å². The van der Waals surface area contributed by atoms with Crippen molar-refractivity contribution < 1.29 is 0 Å². The van der Waals surface area contributed by atoms with Crippen molar-refractivity contribution in [3.05, 3.63) is 472 Å². The highest BCUT2D eigenvalue weighted by Gasteiger charge is 2.29. The van der Waals surface area contributed by atoms with Gasteiger partial charge in [-0.25, -0.2) is 29.9 Å². The molecule has 0 unspecified atom stereocenters. The Hall–Kier alpha value is -19.0. The summed E-state index contributed by atoms with van der Waals surface area (Å²) in [5.41, 5.74) is 26.8. The second-order valence-corrected chi connectivity index (χ2v) is 37.7. The van der Waals surface area contributed by atoms with Gasteiger partial charge >= 0.3 is 0 Å². The second kappa shape index (κ2) is 34.1. The highest BCUT2D eigenvalue weighted by molar-refractivity contribution is 7.26. The Balaban J connectivity index is 0.000000142. The first-order valence-corrected chi connectivity index (χ1v) is 49.0. The van der Waals surface area contributed by atoms with Crippen LogP contribution < -0.4 is 0 Å². The average molecular weight is 1850 g/mol. The Bertz CT molecular complexity index is 10000. The zero-order valence-electron chi connectivity index (χ0n) is 76.1. The highest BCUT2D eigenvalue weighted by atomic mass is 32.1. The largest absolute Gasteiger partial charge is 0.308 e. The van der Waals surface area contributed by atoms with Gasteiger partial charge in [-0.2, -0.15) is 10.5 Å². The van der Waals surface area contributed by atoms with E-state index >= 15 is 0 Å². The fraction of sp³-hybridized carbons (Fsp3) is 0. The van der Waals surface area contributed by atoms with Crippen LogP contribution in [-0.4, -0.2) is 48.2 Å². The lowest BCUT2D eigenvalue weighted by molar-refractivity contribution is 1.07. The van der Waals surface area contributed by atoms with E-state index in [4.69, 9.17) is 29.9 Å². The zero-order chi connectivity index (χ0) is 94.0. The molecule has 0 spiro atoms. The molecule has 14 heteroatoms. The molecule has 0 radical (unpaired) electrons. The molecule has 20 aromatic carbocycles. The number of fused-ring (bicyclic) bond motifs is 20. The summed E-state index contributed by atoms with van der Waals surface area (Å²) in [4.78, 5) is 31.3. The van der Waals surface area contributed by atoms with Gasteiger partial charge in [-0.3, -0.25) is 0 Å². The van der Waals surface area contributed by atoms with Crippen LogP contribution in [0.1, 0.15) is 11.1 Å². The second-order valence-electron chi connectivity index (χ2n) is 35.6. The molecule has 660 valence electrons. The first-order chi connectivity index (χ1) is 70.4. The van der Waals surface area contributed by atoms with Crippen molar-refractivity contribution in [2.75, 3.05) is 0 Å². The highest BCUT2D eigenvalue weighted by Crippen LogP contribution is 2.50. The molecular weight excluding hydrogens is 1770 g/mol. The summed E-state index contributed by atoms with van der Waals surface area (Å²) in [5.74, 6) is 3.13. The van der Waals surface area contributed by atoms with Crippen LogP contribution in [0.3, 0.4) is 0 Å². The first-order valence-electron chi connectivity index (χ1n) is 47.3. The molecule has 0 N–H and O–H groups in total. The van der Waals surface area contributed by atoms with Gasteiger partial charge in [0.25, 0.3) is 0 Å². The Morgan fingerprint density at radius 1 is 0.183 bits per heavy atom. The lowest BCUT2D eigenvalue weighted by Gasteiger charge is -2.15. The van der Waals surface area contributed by atoms with Crippen molar-refractivity contribution in [1.29, 1.82) is 10.5 Å². The minimum absolute atomic E-state index is 0.474. The van der Waals surface area contributed by atoms with Crippen LogP contribution in [-0.2, 0) is 0 Å². The van der Waals surface area contributed by atoms with Crippen LogP contribution in [0.5, 0.6) is 0 Å². The summed E-state index contributed by atoms with van der Waals surface area (Å²) in [6, 6.07) is 166. The number of para-hydroxylation sites is 4. The smallest absolute Gasteiger partial charge is 0.164 e. The molecule has 0 fully saturated rings. The summed E-state index contributed by atoms with van der Waals surface area (Å²) < 4.78 is 14.5. The molecule has 12 nitrogen and oxygen atoms in total. The van der Waals surface area contributed by atoms with Gasteiger partial charge in [0.2, 0.25) is 0 Å². The minimum atomic E-state index is 0.474. The molecule has 28 aromatic rings. The maximum Gasteiger partial charge on any atom is 0.164 e. The summed E-state index contributed by atoms with van der Waals surface area (Å²) in [6.45, 7) is 0. The first kappa shape index (κ1) is 82.5. The Morgan fingerprint density at radius 2 is 0.472 bits per heavy atom. The van der Waals surface area contributed by atoms with Crippen LogP contribution in [0.25, 0.3) is 263 Å². The molecular formula is C128H76N12S2.